The van der Waals surface area contributed by atoms with Crippen molar-refractivity contribution >= 4 is 24.0 Å². The first-order valence-electron chi connectivity index (χ1n) is 3.65. The summed E-state index contributed by atoms with van der Waals surface area (Å²) in [5.41, 5.74) is 5.55. The zero-order valence-electron chi connectivity index (χ0n) is 7.47. The number of benzene rings is 1. The average Bonchev–Trinajstić information content (AvgIpc) is 1.83. The summed E-state index contributed by atoms with van der Waals surface area (Å²) in [6.07, 6.45) is 0. The van der Waals surface area contributed by atoms with Crippen LogP contribution in [0.4, 0.5) is 4.39 Å². The van der Waals surface area contributed by atoms with Gasteiger partial charge in [-0.3, -0.25) is 0 Å². The zero-order chi connectivity index (χ0) is 9.35. The summed E-state index contributed by atoms with van der Waals surface area (Å²) in [6.45, 7) is 3.50. The van der Waals surface area contributed by atoms with Crippen LogP contribution < -0.4 is 5.73 Å². The van der Waals surface area contributed by atoms with Gasteiger partial charge < -0.3 is 5.73 Å². The van der Waals surface area contributed by atoms with Gasteiger partial charge in [-0.2, -0.15) is 0 Å². The molecule has 0 amide bonds. The summed E-state index contributed by atoms with van der Waals surface area (Å²) < 4.78 is 13.2. The summed E-state index contributed by atoms with van der Waals surface area (Å²) in [5, 5.41) is 0.389. The van der Waals surface area contributed by atoms with E-state index in [2.05, 4.69) is 0 Å². The largest absolute Gasteiger partial charge is 0.322 e. The molecule has 0 aliphatic heterocycles. The lowest BCUT2D eigenvalue weighted by molar-refractivity contribution is 0.501. The fourth-order valence-electron chi connectivity index (χ4n) is 1.01. The van der Waals surface area contributed by atoms with Crippen molar-refractivity contribution in [3.8, 4) is 0 Å². The molecule has 0 heterocycles. The molecule has 13 heavy (non-hydrogen) atoms. The van der Waals surface area contributed by atoms with E-state index in [1.165, 1.54) is 6.07 Å². The van der Waals surface area contributed by atoms with E-state index in [1.807, 2.05) is 0 Å². The highest BCUT2D eigenvalue weighted by atomic mass is 35.5. The average molecular weight is 224 g/mol. The van der Waals surface area contributed by atoms with Crippen LogP contribution in [0.5, 0.6) is 0 Å². The van der Waals surface area contributed by atoms with Gasteiger partial charge in [0.1, 0.15) is 5.82 Å². The zero-order valence-corrected chi connectivity index (χ0v) is 9.05. The maximum Gasteiger partial charge on any atom is 0.129 e. The highest BCUT2D eigenvalue weighted by molar-refractivity contribution is 6.30. The SMILES string of the molecule is CC(C)(N)c1ccc(Cl)cc1F.Cl. The topological polar surface area (TPSA) is 26.0 Å². The van der Waals surface area contributed by atoms with Gasteiger partial charge in [0.05, 0.1) is 0 Å². The number of rotatable bonds is 1. The highest BCUT2D eigenvalue weighted by Gasteiger charge is 2.18. The van der Waals surface area contributed by atoms with Crippen LogP contribution in [-0.4, -0.2) is 0 Å². The van der Waals surface area contributed by atoms with Crippen molar-refractivity contribution in [2.45, 2.75) is 19.4 Å². The second-order valence-corrected chi connectivity index (χ2v) is 3.78. The Morgan fingerprint density at radius 2 is 1.92 bits per heavy atom. The first-order valence-corrected chi connectivity index (χ1v) is 4.03. The van der Waals surface area contributed by atoms with Gasteiger partial charge >= 0.3 is 0 Å². The standard InChI is InChI=1S/C9H11ClFN.ClH/c1-9(2,12)7-4-3-6(10)5-8(7)11;/h3-5H,12H2,1-2H3;1H. The predicted molar refractivity (Wildman–Crippen MR) is 55.9 cm³/mol. The van der Waals surface area contributed by atoms with E-state index in [0.717, 1.165) is 0 Å². The summed E-state index contributed by atoms with van der Waals surface area (Å²) in [6, 6.07) is 4.51. The van der Waals surface area contributed by atoms with Crippen molar-refractivity contribution in [1.29, 1.82) is 0 Å². The molecule has 4 heteroatoms. The second-order valence-electron chi connectivity index (χ2n) is 3.35. The molecule has 2 N–H and O–H groups in total. The van der Waals surface area contributed by atoms with E-state index in [0.29, 0.717) is 10.6 Å². The first-order chi connectivity index (χ1) is 5.41. The van der Waals surface area contributed by atoms with Crippen LogP contribution in [0.2, 0.25) is 5.02 Å². The first kappa shape index (κ1) is 12.7. The Morgan fingerprint density at radius 3 is 2.31 bits per heavy atom. The van der Waals surface area contributed by atoms with Crippen LogP contribution in [0.1, 0.15) is 19.4 Å². The highest BCUT2D eigenvalue weighted by Crippen LogP contribution is 2.22. The molecule has 0 aliphatic carbocycles. The van der Waals surface area contributed by atoms with E-state index in [4.69, 9.17) is 17.3 Å². The predicted octanol–water partition coefficient (Wildman–Crippen LogP) is 3.09. The minimum Gasteiger partial charge on any atom is -0.322 e. The normalized spacial score (nSPS) is 10.8. The molecule has 0 saturated carbocycles. The van der Waals surface area contributed by atoms with Gasteiger partial charge in [0.2, 0.25) is 0 Å². The molecule has 0 spiro atoms. The van der Waals surface area contributed by atoms with Gasteiger partial charge in [-0.05, 0) is 26.0 Å². The molecule has 1 aromatic carbocycles. The molecule has 0 bridgehead atoms. The molecule has 0 fully saturated rings. The molecule has 0 saturated heterocycles. The van der Waals surface area contributed by atoms with Crippen molar-refractivity contribution < 1.29 is 4.39 Å². The monoisotopic (exact) mass is 223 g/mol. The molecule has 1 aromatic rings. The molecule has 0 aromatic heterocycles. The number of nitrogens with two attached hydrogens (primary N) is 1. The van der Waals surface area contributed by atoms with Crippen LogP contribution in [0.25, 0.3) is 0 Å². The molecular weight excluding hydrogens is 212 g/mol. The molecule has 1 rings (SSSR count). The fourth-order valence-corrected chi connectivity index (χ4v) is 1.17. The quantitative estimate of drug-likeness (QED) is 0.779. The molecule has 0 atom stereocenters. The van der Waals surface area contributed by atoms with E-state index >= 15 is 0 Å². The van der Waals surface area contributed by atoms with E-state index < -0.39 is 5.54 Å². The Balaban J connectivity index is 0.00000144. The van der Waals surface area contributed by atoms with Crippen molar-refractivity contribution in [3.05, 3.63) is 34.6 Å². The van der Waals surface area contributed by atoms with Crippen molar-refractivity contribution in [2.24, 2.45) is 5.73 Å². The number of halogens is 3. The fraction of sp³-hybridized carbons (Fsp3) is 0.333. The maximum absolute atomic E-state index is 13.2. The molecule has 0 unspecified atom stereocenters. The van der Waals surface area contributed by atoms with Gasteiger partial charge in [0.25, 0.3) is 0 Å². The molecule has 0 aliphatic rings. The van der Waals surface area contributed by atoms with Crippen LogP contribution >= 0.6 is 24.0 Å². The van der Waals surface area contributed by atoms with Gasteiger partial charge in [-0.15, -0.1) is 12.4 Å². The molecular formula is C9H12Cl2FN. The van der Waals surface area contributed by atoms with Gasteiger partial charge in [0.15, 0.2) is 0 Å². The Labute approximate surface area is 88.5 Å². The maximum atomic E-state index is 13.2. The smallest absolute Gasteiger partial charge is 0.129 e. The van der Waals surface area contributed by atoms with E-state index in [9.17, 15) is 4.39 Å². The Morgan fingerprint density at radius 1 is 1.38 bits per heavy atom. The van der Waals surface area contributed by atoms with E-state index in [1.54, 1.807) is 26.0 Å². The molecule has 1 nitrogen and oxygen atoms in total. The molecule has 0 radical (unpaired) electrons. The Hall–Kier alpha value is -0.310. The summed E-state index contributed by atoms with van der Waals surface area (Å²) in [4.78, 5) is 0. The van der Waals surface area contributed by atoms with Crippen LogP contribution in [0.3, 0.4) is 0 Å². The third kappa shape index (κ3) is 3.14. The van der Waals surface area contributed by atoms with Crippen LogP contribution in [-0.2, 0) is 5.54 Å². The Kier molecular flexibility index (Phi) is 4.17. The summed E-state index contributed by atoms with van der Waals surface area (Å²) in [5.74, 6) is -0.352. The summed E-state index contributed by atoms with van der Waals surface area (Å²) in [7, 11) is 0. The third-order valence-electron chi connectivity index (χ3n) is 1.63. The van der Waals surface area contributed by atoms with Gasteiger partial charge in [0, 0.05) is 16.1 Å². The van der Waals surface area contributed by atoms with Crippen molar-refractivity contribution in [1.82, 2.24) is 0 Å². The number of hydrogen-bond acceptors (Lipinski definition) is 1. The van der Waals surface area contributed by atoms with Crippen LogP contribution in [0.15, 0.2) is 18.2 Å². The second kappa shape index (κ2) is 4.27. The lowest BCUT2D eigenvalue weighted by atomic mass is 9.95. The van der Waals surface area contributed by atoms with Gasteiger partial charge in [-0.1, -0.05) is 17.7 Å². The third-order valence-corrected chi connectivity index (χ3v) is 1.86. The van der Waals surface area contributed by atoms with Crippen molar-refractivity contribution in [2.75, 3.05) is 0 Å². The molecule has 74 valence electrons. The van der Waals surface area contributed by atoms with E-state index in [-0.39, 0.29) is 18.2 Å². The van der Waals surface area contributed by atoms with Crippen molar-refractivity contribution in [3.63, 3.8) is 0 Å². The van der Waals surface area contributed by atoms with Gasteiger partial charge in [-0.25, -0.2) is 4.39 Å². The minimum atomic E-state index is -0.658. The minimum absolute atomic E-state index is 0. The summed E-state index contributed by atoms with van der Waals surface area (Å²) >= 11 is 5.59. The number of hydrogen-bond donors (Lipinski definition) is 1. The lowest BCUT2D eigenvalue weighted by Gasteiger charge is -2.19. The van der Waals surface area contributed by atoms with Crippen LogP contribution in [0, 0.1) is 5.82 Å². The Bertz CT molecular complexity index is 294. The lowest BCUT2D eigenvalue weighted by Crippen LogP contribution is -2.29.